The lowest BCUT2D eigenvalue weighted by Crippen LogP contribution is -2.38. The van der Waals surface area contributed by atoms with Crippen molar-refractivity contribution >= 4 is 48.1 Å². The number of rotatable bonds is 8. The summed E-state index contributed by atoms with van der Waals surface area (Å²) in [6, 6.07) is 39.4. The molecule has 164 valence electrons. The molecule has 0 aromatic heterocycles. The predicted molar refractivity (Wildman–Crippen MR) is 142 cm³/mol. The normalized spacial score (nSPS) is 11.5. The van der Waals surface area contributed by atoms with Crippen molar-refractivity contribution in [3.8, 4) is 0 Å². The summed E-state index contributed by atoms with van der Waals surface area (Å²) >= 11 is 0. The molecule has 0 amide bonds. The highest BCUT2D eigenvalue weighted by Gasteiger charge is 2.44. The van der Waals surface area contributed by atoms with Gasteiger partial charge in [0.1, 0.15) is 0 Å². The van der Waals surface area contributed by atoms with Crippen LogP contribution in [0.25, 0.3) is 0 Å². The van der Waals surface area contributed by atoms with Crippen LogP contribution in [0.5, 0.6) is 0 Å². The Bertz CT molecular complexity index is 1030. The Morgan fingerprint density at radius 2 is 0.667 bits per heavy atom. The molecule has 0 saturated heterocycles. The molecule has 0 unspecified atom stereocenters. The lowest BCUT2D eigenvalue weighted by molar-refractivity contribution is -0.128. The molecule has 0 atom stereocenters. The largest absolute Gasteiger partial charge is 0.293 e. The number of carbonyl (C=O) groups is 2. The van der Waals surface area contributed by atoms with Crippen molar-refractivity contribution < 1.29 is 9.59 Å². The van der Waals surface area contributed by atoms with Crippen LogP contribution in [-0.4, -0.2) is 11.0 Å². The molecular formula is C29H26O2P2. The van der Waals surface area contributed by atoms with Crippen LogP contribution in [0.3, 0.4) is 0 Å². The van der Waals surface area contributed by atoms with Gasteiger partial charge in [0.15, 0.2) is 11.0 Å². The second-order valence-corrected chi connectivity index (χ2v) is 12.5. The fourth-order valence-corrected chi connectivity index (χ4v) is 8.55. The van der Waals surface area contributed by atoms with E-state index >= 15 is 0 Å². The summed E-state index contributed by atoms with van der Waals surface area (Å²) in [7, 11) is -2.69. The number of hydrogen-bond acceptors (Lipinski definition) is 2. The summed E-state index contributed by atoms with van der Waals surface area (Å²) in [5, 5.41) is 3.86. The van der Waals surface area contributed by atoms with E-state index in [0.29, 0.717) is 0 Å². The van der Waals surface area contributed by atoms with Gasteiger partial charge < -0.3 is 0 Å². The Hall–Kier alpha value is -2.92. The minimum Gasteiger partial charge on any atom is -0.293 e. The Morgan fingerprint density at radius 3 is 0.879 bits per heavy atom. The quantitative estimate of drug-likeness (QED) is 0.259. The van der Waals surface area contributed by atoms with Gasteiger partial charge in [-0.3, -0.25) is 9.59 Å². The molecule has 2 nitrogen and oxygen atoms in total. The minimum atomic E-state index is -1.34. The molecule has 0 fully saturated rings. The molecule has 0 spiro atoms. The summed E-state index contributed by atoms with van der Waals surface area (Å²) in [5.74, 6) is 0. The zero-order valence-corrected chi connectivity index (χ0v) is 20.5. The van der Waals surface area contributed by atoms with Gasteiger partial charge in [0, 0.05) is 15.8 Å². The van der Waals surface area contributed by atoms with E-state index in [1.807, 2.05) is 121 Å². The molecular weight excluding hydrogens is 442 g/mol. The van der Waals surface area contributed by atoms with Gasteiger partial charge in [0.2, 0.25) is 0 Å². The monoisotopic (exact) mass is 468 g/mol. The molecule has 4 heteroatoms. The van der Waals surface area contributed by atoms with Gasteiger partial charge >= 0.3 is 0 Å². The van der Waals surface area contributed by atoms with E-state index in [1.165, 1.54) is 0 Å². The van der Waals surface area contributed by atoms with Crippen LogP contribution in [0.4, 0.5) is 0 Å². The van der Waals surface area contributed by atoms with Crippen molar-refractivity contribution in [2.75, 3.05) is 0 Å². The van der Waals surface area contributed by atoms with E-state index in [-0.39, 0.29) is 11.0 Å². The lowest BCUT2D eigenvalue weighted by atomic mass is 9.98. The molecule has 0 aliphatic heterocycles. The summed E-state index contributed by atoms with van der Waals surface area (Å²) in [6.07, 6.45) is 0. The minimum absolute atomic E-state index is 0.0146. The molecule has 0 saturated carbocycles. The Labute approximate surface area is 198 Å². The first-order chi connectivity index (χ1) is 16.0. The van der Waals surface area contributed by atoms with Gasteiger partial charge in [-0.1, -0.05) is 121 Å². The van der Waals surface area contributed by atoms with Crippen molar-refractivity contribution in [3.05, 3.63) is 121 Å². The summed E-state index contributed by atoms with van der Waals surface area (Å²) in [5.41, 5.74) is -1.17. The zero-order valence-electron chi connectivity index (χ0n) is 18.8. The molecule has 0 aliphatic carbocycles. The van der Waals surface area contributed by atoms with E-state index in [4.69, 9.17) is 0 Å². The van der Waals surface area contributed by atoms with Crippen LogP contribution in [0.15, 0.2) is 121 Å². The van der Waals surface area contributed by atoms with E-state index in [0.717, 1.165) is 21.2 Å². The third-order valence-electron chi connectivity index (χ3n) is 5.53. The standard InChI is InChI=1S/C29H26O2P2/c1-29(2,27(30)32(23-15-7-3-8-16-23)24-17-9-4-10-18-24)28(31)33(25-19-11-5-12-20-25)26-21-13-6-14-22-26/h3-22H,1-2H3. The van der Waals surface area contributed by atoms with Gasteiger partial charge in [0.25, 0.3) is 0 Å². The average molecular weight is 468 g/mol. The third-order valence-corrected chi connectivity index (χ3v) is 10.7. The molecule has 0 heterocycles. The Morgan fingerprint density at radius 1 is 0.455 bits per heavy atom. The maximum absolute atomic E-state index is 14.2. The third kappa shape index (κ3) is 5.03. The van der Waals surface area contributed by atoms with Crippen molar-refractivity contribution in [3.63, 3.8) is 0 Å². The summed E-state index contributed by atoms with van der Waals surface area (Å²) < 4.78 is 0. The van der Waals surface area contributed by atoms with Crippen molar-refractivity contribution in [1.82, 2.24) is 0 Å². The first-order valence-corrected chi connectivity index (χ1v) is 13.6. The van der Waals surface area contributed by atoms with Gasteiger partial charge in [0.05, 0.1) is 5.41 Å². The number of carbonyl (C=O) groups excluding carboxylic acids is 2. The topological polar surface area (TPSA) is 34.1 Å². The molecule has 0 N–H and O–H groups in total. The maximum atomic E-state index is 14.2. The number of hydrogen-bond donors (Lipinski definition) is 0. The van der Waals surface area contributed by atoms with Crippen LogP contribution in [0, 0.1) is 5.41 Å². The van der Waals surface area contributed by atoms with E-state index in [2.05, 4.69) is 0 Å². The predicted octanol–water partition coefficient (Wildman–Crippen LogP) is 5.33. The highest BCUT2D eigenvalue weighted by atomic mass is 31.1. The van der Waals surface area contributed by atoms with Crippen LogP contribution in [0.2, 0.25) is 0 Å². The van der Waals surface area contributed by atoms with Crippen molar-refractivity contribution in [2.24, 2.45) is 5.41 Å². The number of benzene rings is 4. The Balaban J connectivity index is 1.78. The van der Waals surface area contributed by atoms with Crippen LogP contribution in [0.1, 0.15) is 13.8 Å². The molecule has 0 bridgehead atoms. The molecule has 0 aliphatic rings. The van der Waals surface area contributed by atoms with Gasteiger partial charge in [-0.15, -0.1) is 0 Å². The molecule has 33 heavy (non-hydrogen) atoms. The summed E-state index contributed by atoms with van der Waals surface area (Å²) in [6.45, 7) is 3.61. The molecule has 4 rings (SSSR count). The summed E-state index contributed by atoms with van der Waals surface area (Å²) in [4.78, 5) is 28.4. The van der Waals surface area contributed by atoms with E-state index in [1.54, 1.807) is 13.8 Å². The van der Waals surface area contributed by atoms with Crippen LogP contribution in [-0.2, 0) is 9.59 Å². The van der Waals surface area contributed by atoms with Crippen molar-refractivity contribution in [2.45, 2.75) is 13.8 Å². The first kappa shape index (κ1) is 23.2. The SMILES string of the molecule is CC(C)(C(=O)P(c1ccccc1)c1ccccc1)C(=O)P(c1ccccc1)c1ccccc1. The van der Waals surface area contributed by atoms with Gasteiger partial charge in [-0.2, -0.15) is 0 Å². The Kier molecular flexibility index (Phi) is 7.29. The van der Waals surface area contributed by atoms with Crippen molar-refractivity contribution in [1.29, 1.82) is 0 Å². The first-order valence-electron chi connectivity index (χ1n) is 10.9. The zero-order chi connectivity index (χ0) is 23.3. The maximum Gasteiger partial charge on any atom is 0.176 e. The fourth-order valence-electron chi connectivity index (χ4n) is 3.73. The van der Waals surface area contributed by atoms with Gasteiger partial charge in [-0.05, 0) is 35.1 Å². The van der Waals surface area contributed by atoms with Gasteiger partial charge in [-0.25, -0.2) is 0 Å². The van der Waals surface area contributed by atoms with E-state index in [9.17, 15) is 9.59 Å². The molecule has 4 aromatic carbocycles. The van der Waals surface area contributed by atoms with Crippen LogP contribution >= 0.6 is 15.8 Å². The fraction of sp³-hybridized carbons (Fsp3) is 0.103. The highest BCUT2D eigenvalue weighted by Crippen LogP contribution is 2.49. The molecule has 4 aromatic rings. The van der Waals surface area contributed by atoms with Crippen LogP contribution < -0.4 is 21.2 Å². The van der Waals surface area contributed by atoms with E-state index < -0.39 is 21.3 Å². The average Bonchev–Trinajstić information content (AvgIpc) is 2.87. The lowest BCUT2D eigenvalue weighted by Gasteiger charge is -2.31. The smallest absolute Gasteiger partial charge is 0.176 e. The highest BCUT2D eigenvalue weighted by molar-refractivity contribution is 7.90. The second kappa shape index (κ2) is 10.3. The molecule has 0 radical (unpaired) electrons. The second-order valence-electron chi connectivity index (χ2n) is 8.25.